The highest BCUT2D eigenvalue weighted by atomic mass is 33.1. The minimum absolute atomic E-state index is 0.0630. The zero-order valence-electron chi connectivity index (χ0n) is 14.0. The van der Waals surface area contributed by atoms with Gasteiger partial charge in [-0.05, 0) is 54.7 Å². The molecule has 0 N–H and O–H groups in total. The smallest absolute Gasteiger partial charge is 0.234 e. The lowest BCUT2D eigenvalue weighted by Crippen LogP contribution is -2.13. The van der Waals surface area contributed by atoms with Gasteiger partial charge in [-0.15, -0.1) is 0 Å². The van der Waals surface area contributed by atoms with Gasteiger partial charge in [0.05, 0.1) is 4.90 Å². The van der Waals surface area contributed by atoms with Crippen molar-refractivity contribution in [3.63, 3.8) is 0 Å². The summed E-state index contributed by atoms with van der Waals surface area (Å²) in [5.74, 6) is -0.0630. The van der Waals surface area contributed by atoms with E-state index in [0.29, 0.717) is 10.5 Å². The van der Waals surface area contributed by atoms with Crippen molar-refractivity contribution in [2.24, 2.45) is 0 Å². The number of aryl methyl sites for hydroxylation is 2. The lowest BCUT2D eigenvalue weighted by Gasteiger charge is -2.23. The van der Waals surface area contributed by atoms with Crippen molar-refractivity contribution in [2.45, 2.75) is 49.8 Å². The van der Waals surface area contributed by atoms with Crippen molar-refractivity contribution in [1.82, 2.24) is 0 Å². The summed E-state index contributed by atoms with van der Waals surface area (Å²) in [6.07, 6.45) is 0. The van der Waals surface area contributed by atoms with Crippen LogP contribution in [0.4, 0.5) is 0 Å². The summed E-state index contributed by atoms with van der Waals surface area (Å²) in [7, 11) is -2.71. The van der Waals surface area contributed by atoms with Crippen LogP contribution < -0.4 is 0 Å². The van der Waals surface area contributed by atoms with Gasteiger partial charge >= 0.3 is 0 Å². The molecule has 23 heavy (non-hydrogen) atoms. The minimum atomic E-state index is -3.53. The van der Waals surface area contributed by atoms with Crippen LogP contribution in [0.5, 0.6) is 5.75 Å². The topological polar surface area (TPSA) is 54.0 Å². The molecule has 0 spiro atoms. The Morgan fingerprint density at radius 2 is 1.52 bits per heavy atom. The Morgan fingerprint density at radius 3 is 2.04 bits per heavy atom. The Balaban J connectivity index is 2.51. The Kier molecular flexibility index (Phi) is 4.83. The van der Waals surface area contributed by atoms with E-state index < -0.39 is 8.87 Å². The largest absolute Gasteiger partial charge is 0.290 e. The van der Waals surface area contributed by atoms with E-state index >= 15 is 0 Å². The average molecular weight is 349 g/mol. The van der Waals surface area contributed by atoms with Crippen LogP contribution in [0.1, 0.15) is 37.5 Å². The quantitative estimate of drug-likeness (QED) is 0.713. The second-order valence-electron chi connectivity index (χ2n) is 6.71. The van der Waals surface area contributed by atoms with Crippen LogP contribution in [0.15, 0.2) is 46.2 Å². The Labute approximate surface area is 142 Å². The summed E-state index contributed by atoms with van der Waals surface area (Å²) >= 11 is 0. The third-order valence-electron chi connectivity index (χ3n) is 3.59. The molecule has 0 aliphatic heterocycles. The summed E-state index contributed by atoms with van der Waals surface area (Å²) in [6.45, 7) is 9.54. The van der Waals surface area contributed by atoms with E-state index in [1.54, 1.807) is 43.3 Å². The van der Waals surface area contributed by atoms with E-state index in [-0.39, 0.29) is 16.1 Å². The SMILES string of the molecule is Cc1ccc(S(=O)(=O)Sc2cc(C)c([O])cc2C(C)(C)C)cc1. The molecule has 0 aromatic heterocycles. The van der Waals surface area contributed by atoms with Gasteiger partial charge in [-0.2, -0.15) is 0 Å². The molecule has 0 saturated heterocycles. The highest BCUT2D eigenvalue weighted by Crippen LogP contribution is 2.40. The second-order valence-corrected chi connectivity index (χ2v) is 10.5. The van der Waals surface area contributed by atoms with E-state index in [9.17, 15) is 13.5 Å². The van der Waals surface area contributed by atoms with Crippen molar-refractivity contribution in [3.8, 4) is 5.75 Å². The van der Waals surface area contributed by atoms with Crippen LogP contribution in [0.3, 0.4) is 0 Å². The molecule has 0 unspecified atom stereocenters. The molecule has 0 bridgehead atoms. The third-order valence-corrected chi connectivity index (χ3v) is 6.95. The first kappa shape index (κ1) is 17.9. The Morgan fingerprint density at radius 1 is 0.957 bits per heavy atom. The van der Waals surface area contributed by atoms with E-state index in [2.05, 4.69) is 0 Å². The van der Waals surface area contributed by atoms with Crippen LogP contribution in [0.25, 0.3) is 0 Å². The predicted octanol–water partition coefficient (Wildman–Crippen LogP) is 5.23. The van der Waals surface area contributed by atoms with Crippen LogP contribution >= 0.6 is 10.8 Å². The maximum Gasteiger partial charge on any atom is 0.234 e. The number of hydrogen-bond donors (Lipinski definition) is 0. The molecule has 2 rings (SSSR count). The number of benzene rings is 2. The van der Waals surface area contributed by atoms with E-state index in [0.717, 1.165) is 21.9 Å². The fraction of sp³-hybridized carbons (Fsp3) is 0.333. The zero-order chi connectivity index (χ0) is 17.4. The highest BCUT2D eigenvalue weighted by molar-refractivity contribution is 8.72. The van der Waals surface area contributed by atoms with Gasteiger partial charge in [0.1, 0.15) is 0 Å². The van der Waals surface area contributed by atoms with Crippen LogP contribution in [-0.4, -0.2) is 8.42 Å². The summed E-state index contributed by atoms with van der Waals surface area (Å²) in [5, 5.41) is 12.0. The minimum Gasteiger partial charge on any atom is -0.290 e. The van der Waals surface area contributed by atoms with Crippen molar-refractivity contribution < 1.29 is 13.5 Å². The molecular weight excluding hydrogens is 328 g/mol. The van der Waals surface area contributed by atoms with Gasteiger partial charge in [0, 0.05) is 15.7 Å². The first-order valence-corrected chi connectivity index (χ1v) is 10.2. The summed E-state index contributed by atoms with van der Waals surface area (Å²) in [4.78, 5) is 0.895. The van der Waals surface area contributed by atoms with Crippen LogP contribution in [-0.2, 0) is 19.4 Å². The molecule has 0 aliphatic carbocycles. The van der Waals surface area contributed by atoms with Gasteiger partial charge in [-0.3, -0.25) is 5.11 Å². The van der Waals surface area contributed by atoms with Gasteiger partial charge in [0.25, 0.3) is 0 Å². The maximum atomic E-state index is 12.7. The van der Waals surface area contributed by atoms with E-state index in [1.165, 1.54) is 0 Å². The molecule has 0 fully saturated rings. The van der Waals surface area contributed by atoms with Crippen LogP contribution in [0.2, 0.25) is 0 Å². The lowest BCUT2D eigenvalue weighted by molar-refractivity contribution is 0.349. The molecular formula is C18H21O3S2. The molecule has 0 heterocycles. The molecule has 0 amide bonds. The first-order chi connectivity index (χ1) is 10.5. The molecule has 2 aromatic carbocycles. The summed E-state index contributed by atoms with van der Waals surface area (Å²) in [5.41, 5.74) is 2.02. The van der Waals surface area contributed by atoms with Crippen LogP contribution in [0, 0.1) is 13.8 Å². The monoisotopic (exact) mass is 349 g/mol. The third kappa shape index (κ3) is 4.09. The number of hydrogen-bond acceptors (Lipinski definition) is 3. The second kappa shape index (κ2) is 6.21. The first-order valence-electron chi connectivity index (χ1n) is 7.34. The molecule has 3 nitrogen and oxygen atoms in total. The van der Waals surface area contributed by atoms with Crippen molar-refractivity contribution in [3.05, 3.63) is 53.1 Å². The van der Waals surface area contributed by atoms with E-state index in [4.69, 9.17) is 0 Å². The molecule has 0 saturated carbocycles. The molecule has 123 valence electrons. The maximum absolute atomic E-state index is 12.7. The van der Waals surface area contributed by atoms with Gasteiger partial charge in [0.15, 0.2) is 5.75 Å². The van der Waals surface area contributed by atoms with Gasteiger partial charge < -0.3 is 0 Å². The summed E-state index contributed by atoms with van der Waals surface area (Å²) in [6, 6.07) is 10.0. The number of rotatable bonds is 3. The normalized spacial score (nSPS) is 12.4. The van der Waals surface area contributed by atoms with Crippen molar-refractivity contribution in [2.75, 3.05) is 0 Å². The highest BCUT2D eigenvalue weighted by Gasteiger charge is 2.25. The molecule has 5 heteroatoms. The fourth-order valence-corrected chi connectivity index (χ4v) is 5.41. The van der Waals surface area contributed by atoms with Gasteiger partial charge in [-0.1, -0.05) is 38.5 Å². The molecule has 1 radical (unpaired) electrons. The molecule has 2 aromatic rings. The van der Waals surface area contributed by atoms with E-state index in [1.807, 2.05) is 27.7 Å². The van der Waals surface area contributed by atoms with Crippen molar-refractivity contribution in [1.29, 1.82) is 0 Å². The Hall–Kier alpha value is -1.46. The molecule has 0 atom stereocenters. The Bertz CT molecular complexity index is 815. The average Bonchev–Trinajstić information content (AvgIpc) is 2.41. The zero-order valence-corrected chi connectivity index (χ0v) is 15.6. The molecule has 0 aliphatic rings. The standard InChI is InChI=1S/C18H21O3S2/c1-12-6-8-14(9-7-12)23(20,21)22-17-10-13(2)16(19)11-15(17)18(3,4)5/h6-11H,1-5H3. The summed E-state index contributed by atoms with van der Waals surface area (Å²) < 4.78 is 25.3. The fourth-order valence-electron chi connectivity index (χ4n) is 2.19. The lowest BCUT2D eigenvalue weighted by atomic mass is 9.86. The van der Waals surface area contributed by atoms with Crippen molar-refractivity contribution >= 4 is 19.7 Å². The predicted molar refractivity (Wildman–Crippen MR) is 94.2 cm³/mol. The van der Waals surface area contributed by atoms with Gasteiger partial charge in [0.2, 0.25) is 8.87 Å². The van der Waals surface area contributed by atoms with Gasteiger partial charge in [-0.25, -0.2) is 8.42 Å².